The first-order valence-corrected chi connectivity index (χ1v) is 7.06. The molecule has 124 valence electrons. The number of piperidine rings is 1. The molecule has 0 aliphatic carbocycles. The Hall–Kier alpha value is -2.05. The summed E-state index contributed by atoms with van der Waals surface area (Å²) in [6.45, 7) is 6.15. The molecule has 0 aromatic heterocycles. The lowest BCUT2D eigenvalue weighted by Gasteiger charge is -2.31. The van der Waals surface area contributed by atoms with E-state index < -0.39 is 23.6 Å². The maximum Gasteiger partial charge on any atom is 0.410 e. The third kappa shape index (κ3) is 4.75. The number of carbonyl (C=O) groups excluding carboxylic acids is 3. The first kappa shape index (κ1) is 18.0. The molecule has 7 nitrogen and oxygen atoms in total. The number of amides is 1. The van der Waals surface area contributed by atoms with E-state index in [1.807, 2.05) is 0 Å². The van der Waals surface area contributed by atoms with E-state index in [0.29, 0.717) is 31.5 Å². The minimum absolute atomic E-state index is 0.0751. The molecule has 0 aromatic carbocycles. The van der Waals surface area contributed by atoms with Crippen molar-refractivity contribution in [3.05, 3.63) is 11.1 Å². The zero-order chi connectivity index (χ0) is 16.9. The van der Waals surface area contributed by atoms with E-state index in [9.17, 15) is 14.4 Å². The zero-order valence-corrected chi connectivity index (χ0v) is 13.7. The maximum atomic E-state index is 12.0. The summed E-state index contributed by atoms with van der Waals surface area (Å²) in [6.07, 6.45) is 0.404. The third-order valence-electron chi connectivity index (χ3n) is 3.15. The van der Waals surface area contributed by atoms with Crippen molar-refractivity contribution in [1.29, 1.82) is 0 Å². The lowest BCUT2D eigenvalue weighted by atomic mass is 9.98. The molecule has 0 N–H and O–H groups in total. The van der Waals surface area contributed by atoms with Crippen molar-refractivity contribution < 1.29 is 28.6 Å². The van der Waals surface area contributed by atoms with E-state index in [0.717, 1.165) is 0 Å². The van der Waals surface area contributed by atoms with Gasteiger partial charge in [-0.3, -0.25) is 0 Å². The topological polar surface area (TPSA) is 82.1 Å². The lowest BCUT2D eigenvalue weighted by Crippen LogP contribution is -2.40. The van der Waals surface area contributed by atoms with Gasteiger partial charge in [0.25, 0.3) is 0 Å². The summed E-state index contributed by atoms with van der Waals surface area (Å²) >= 11 is 0. The first-order chi connectivity index (χ1) is 10.2. The van der Waals surface area contributed by atoms with Gasteiger partial charge in [-0.05, 0) is 39.2 Å². The number of carbonyl (C=O) groups is 3. The Kier molecular flexibility index (Phi) is 5.96. The van der Waals surface area contributed by atoms with Crippen LogP contribution in [0, 0.1) is 0 Å². The number of ether oxygens (including phenoxy) is 3. The van der Waals surface area contributed by atoms with Crippen LogP contribution >= 0.6 is 0 Å². The molecule has 1 amide bonds. The van der Waals surface area contributed by atoms with Crippen molar-refractivity contribution in [2.75, 3.05) is 27.3 Å². The number of hydrogen-bond donors (Lipinski definition) is 0. The van der Waals surface area contributed by atoms with Crippen LogP contribution in [0.3, 0.4) is 0 Å². The van der Waals surface area contributed by atoms with Gasteiger partial charge in [0.05, 0.1) is 14.2 Å². The largest absolute Gasteiger partial charge is 0.465 e. The Morgan fingerprint density at radius 2 is 1.41 bits per heavy atom. The predicted molar refractivity (Wildman–Crippen MR) is 78.1 cm³/mol. The highest BCUT2D eigenvalue weighted by Crippen LogP contribution is 2.23. The van der Waals surface area contributed by atoms with Gasteiger partial charge in [-0.25, -0.2) is 14.4 Å². The van der Waals surface area contributed by atoms with Crippen LogP contribution in [0.1, 0.15) is 33.6 Å². The monoisotopic (exact) mass is 313 g/mol. The summed E-state index contributed by atoms with van der Waals surface area (Å²) in [4.78, 5) is 37.0. The number of hydrogen-bond acceptors (Lipinski definition) is 6. The molecular formula is C15H23NO6. The zero-order valence-electron chi connectivity index (χ0n) is 13.7. The van der Waals surface area contributed by atoms with Crippen LogP contribution in [0.15, 0.2) is 11.1 Å². The Morgan fingerprint density at radius 1 is 0.955 bits per heavy atom. The number of rotatable bonds is 2. The van der Waals surface area contributed by atoms with E-state index in [4.69, 9.17) is 4.74 Å². The second-order valence-electron chi connectivity index (χ2n) is 5.93. The molecule has 1 saturated heterocycles. The van der Waals surface area contributed by atoms with Crippen molar-refractivity contribution in [2.45, 2.75) is 39.2 Å². The number of esters is 2. The van der Waals surface area contributed by atoms with Crippen molar-refractivity contribution in [1.82, 2.24) is 4.90 Å². The van der Waals surface area contributed by atoms with E-state index >= 15 is 0 Å². The Balaban J connectivity index is 2.81. The summed E-state index contributed by atoms with van der Waals surface area (Å²) in [5, 5.41) is 0. The summed E-state index contributed by atoms with van der Waals surface area (Å²) in [6, 6.07) is 0. The summed E-state index contributed by atoms with van der Waals surface area (Å²) < 4.78 is 14.5. The van der Waals surface area contributed by atoms with Crippen LogP contribution in [0.25, 0.3) is 0 Å². The van der Waals surface area contributed by atoms with Gasteiger partial charge in [0.1, 0.15) is 11.2 Å². The summed E-state index contributed by atoms with van der Waals surface area (Å²) in [5.74, 6) is -1.43. The minimum atomic E-state index is -0.715. The normalized spacial score (nSPS) is 15.1. The summed E-state index contributed by atoms with van der Waals surface area (Å²) in [7, 11) is 2.42. The van der Waals surface area contributed by atoms with Crippen molar-refractivity contribution in [2.24, 2.45) is 0 Å². The predicted octanol–water partition coefficient (Wildman–Crippen LogP) is 1.66. The van der Waals surface area contributed by atoms with Gasteiger partial charge in [-0.2, -0.15) is 0 Å². The van der Waals surface area contributed by atoms with Crippen LogP contribution < -0.4 is 0 Å². The fourth-order valence-corrected chi connectivity index (χ4v) is 2.11. The van der Waals surface area contributed by atoms with Crippen LogP contribution in [0.2, 0.25) is 0 Å². The second-order valence-corrected chi connectivity index (χ2v) is 5.93. The van der Waals surface area contributed by atoms with Gasteiger partial charge in [0.15, 0.2) is 0 Å². The number of likely N-dealkylation sites (tertiary alicyclic amines) is 1. The van der Waals surface area contributed by atoms with Crippen molar-refractivity contribution >= 4 is 18.0 Å². The van der Waals surface area contributed by atoms with Gasteiger partial charge < -0.3 is 19.1 Å². The molecule has 7 heteroatoms. The van der Waals surface area contributed by atoms with Crippen LogP contribution in [-0.2, 0) is 23.8 Å². The Labute approximate surface area is 130 Å². The van der Waals surface area contributed by atoms with Crippen molar-refractivity contribution in [3.63, 3.8) is 0 Å². The van der Waals surface area contributed by atoms with Crippen LogP contribution in [0.4, 0.5) is 4.79 Å². The fourth-order valence-electron chi connectivity index (χ4n) is 2.11. The quantitative estimate of drug-likeness (QED) is 0.253. The van der Waals surface area contributed by atoms with E-state index in [1.165, 1.54) is 14.2 Å². The number of nitrogens with zero attached hydrogens (tertiary/aromatic N) is 1. The molecular weight excluding hydrogens is 290 g/mol. The molecule has 1 fully saturated rings. The molecule has 0 saturated carbocycles. The molecule has 1 rings (SSSR count). The van der Waals surface area contributed by atoms with Gasteiger partial charge in [0, 0.05) is 13.1 Å². The van der Waals surface area contributed by atoms with E-state index in [2.05, 4.69) is 9.47 Å². The van der Waals surface area contributed by atoms with Crippen LogP contribution in [0.5, 0.6) is 0 Å². The van der Waals surface area contributed by atoms with Crippen molar-refractivity contribution in [3.8, 4) is 0 Å². The molecule has 0 radical (unpaired) electrons. The highest BCUT2D eigenvalue weighted by molar-refractivity contribution is 6.14. The average molecular weight is 313 g/mol. The molecule has 1 heterocycles. The third-order valence-corrected chi connectivity index (χ3v) is 3.15. The van der Waals surface area contributed by atoms with Gasteiger partial charge in [0.2, 0.25) is 0 Å². The van der Waals surface area contributed by atoms with E-state index in [1.54, 1.807) is 25.7 Å². The second kappa shape index (κ2) is 7.29. The van der Waals surface area contributed by atoms with Crippen LogP contribution in [-0.4, -0.2) is 55.8 Å². The Morgan fingerprint density at radius 3 is 1.77 bits per heavy atom. The fraction of sp³-hybridized carbons (Fsp3) is 0.667. The Bertz CT molecular complexity index is 461. The molecule has 0 unspecified atom stereocenters. The average Bonchev–Trinajstić information content (AvgIpc) is 2.45. The number of methoxy groups -OCH3 is 2. The lowest BCUT2D eigenvalue weighted by molar-refractivity contribution is -0.144. The summed E-state index contributed by atoms with van der Waals surface area (Å²) in [5.41, 5.74) is 0.00322. The molecule has 0 atom stereocenters. The molecule has 0 spiro atoms. The molecule has 1 aliphatic rings. The standard InChI is InChI=1S/C15H23NO6/c1-15(2,3)22-14(19)16-8-6-10(7-9-16)11(12(17)20-4)13(18)21-5/h6-9H2,1-5H3. The van der Waals surface area contributed by atoms with Gasteiger partial charge in [-0.1, -0.05) is 0 Å². The smallest absolute Gasteiger partial charge is 0.410 e. The molecule has 1 aliphatic heterocycles. The molecule has 22 heavy (non-hydrogen) atoms. The highest BCUT2D eigenvalue weighted by atomic mass is 16.6. The SMILES string of the molecule is COC(=O)C(C(=O)OC)=C1CCN(C(=O)OC(C)(C)C)CC1. The molecule has 0 aromatic rings. The maximum absolute atomic E-state index is 12.0. The highest BCUT2D eigenvalue weighted by Gasteiger charge is 2.30. The minimum Gasteiger partial charge on any atom is -0.465 e. The van der Waals surface area contributed by atoms with Gasteiger partial charge >= 0.3 is 18.0 Å². The molecule has 0 bridgehead atoms. The first-order valence-electron chi connectivity index (χ1n) is 7.06. The van der Waals surface area contributed by atoms with Gasteiger partial charge in [-0.15, -0.1) is 0 Å². The van der Waals surface area contributed by atoms with E-state index in [-0.39, 0.29) is 5.57 Å².